The first kappa shape index (κ1) is 28.0. The summed E-state index contributed by atoms with van der Waals surface area (Å²) in [6.45, 7) is 3.31. The largest absolute Gasteiger partial charge is 0.508 e. The van der Waals surface area contributed by atoms with Crippen LogP contribution in [0.2, 0.25) is 0 Å². The fourth-order valence-corrected chi connectivity index (χ4v) is 6.31. The van der Waals surface area contributed by atoms with Crippen molar-refractivity contribution in [3.8, 4) is 5.75 Å². The number of imide groups is 1. The Balaban J connectivity index is 1.45. The van der Waals surface area contributed by atoms with E-state index in [1.165, 1.54) is 10.5 Å². The zero-order valence-electron chi connectivity index (χ0n) is 22.4. The highest BCUT2D eigenvalue weighted by Gasteiger charge is 2.56. The minimum absolute atomic E-state index is 0.102. The van der Waals surface area contributed by atoms with E-state index in [4.69, 9.17) is 14.6 Å². The van der Waals surface area contributed by atoms with Crippen LogP contribution in [0.1, 0.15) is 63.9 Å². The first-order chi connectivity index (χ1) is 18.3. The number of ether oxygens (including phenoxy) is 2. The summed E-state index contributed by atoms with van der Waals surface area (Å²) in [6.07, 6.45) is 6.94. The Morgan fingerprint density at radius 2 is 1.97 bits per heavy atom. The minimum Gasteiger partial charge on any atom is -0.508 e. The quantitative estimate of drug-likeness (QED) is 0.220. The first-order valence-electron chi connectivity index (χ1n) is 13.7. The Hall–Kier alpha value is -2.97. The van der Waals surface area contributed by atoms with Crippen molar-refractivity contribution in [1.29, 1.82) is 0 Å². The van der Waals surface area contributed by atoms with Crippen molar-refractivity contribution in [2.75, 3.05) is 26.9 Å². The Morgan fingerprint density at radius 1 is 1.16 bits per heavy atom. The highest BCUT2D eigenvalue weighted by atomic mass is 16.5. The second-order valence-corrected chi connectivity index (χ2v) is 10.6. The number of benzene rings is 1. The Morgan fingerprint density at radius 3 is 2.68 bits per heavy atom. The van der Waals surface area contributed by atoms with Crippen LogP contribution in [0, 0.1) is 17.8 Å². The molecule has 2 aliphatic heterocycles. The highest BCUT2D eigenvalue weighted by molar-refractivity contribution is 6.06. The molecule has 4 atom stereocenters. The van der Waals surface area contributed by atoms with Crippen molar-refractivity contribution in [3.05, 3.63) is 46.5 Å². The number of amides is 2. The number of phenols is 1. The van der Waals surface area contributed by atoms with Gasteiger partial charge < -0.3 is 19.7 Å². The average Bonchev–Trinajstić information content (AvgIpc) is 3.41. The molecule has 2 heterocycles. The number of methoxy groups -OCH3 is 1. The number of nitrogens with zero attached hydrogens (tertiary/aromatic N) is 1. The number of hydrogen-bond acceptors (Lipinski definition) is 6. The number of unbranched alkanes of at least 4 members (excludes halogenated alkanes) is 2. The fraction of sp³-hybridized carbons (Fsp3) is 0.567. The maximum atomic E-state index is 13.5. The number of carboxylic acids is 1. The van der Waals surface area contributed by atoms with Crippen molar-refractivity contribution in [1.82, 2.24) is 4.90 Å². The fourth-order valence-electron chi connectivity index (χ4n) is 6.31. The summed E-state index contributed by atoms with van der Waals surface area (Å²) < 4.78 is 11.8. The van der Waals surface area contributed by atoms with Gasteiger partial charge >= 0.3 is 5.97 Å². The molecule has 8 heteroatoms. The first-order valence-corrected chi connectivity index (χ1v) is 13.7. The van der Waals surface area contributed by atoms with Crippen LogP contribution in [-0.2, 0) is 23.9 Å². The van der Waals surface area contributed by atoms with Gasteiger partial charge in [0.25, 0.3) is 0 Å². The van der Waals surface area contributed by atoms with E-state index in [1.54, 1.807) is 19.2 Å². The van der Waals surface area contributed by atoms with Gasteiger partial charge in [-0.3, -0.25) is 19.3 Å². The van der Waals surface area contributed by atoms with Crippen LogP contribution < -0.4 is 0 Å². The molecule has 0 saturated carbocycles. The molecule has 2 saturated heterocycles. The lowest BCUT2D eigenvalue weighted by Crippen LogP contribution is -2.35. The molecular weight excluding hydrogens is 486 g/mol. The molecule has 4 rings (SSSR count). The van der Waals surface area contributed by atoms with Crippen LogP contribution in [-0.4, -0.2) is 65.9 Å². The lowest BCUT2D eigenvalue weighted by atomic mass is 9.69. The number of carbonyl (C=O) groups excluding carboxylic acids is 2. The molecule has 1 aromatic rings. The van der Waals surface area contributed by atoms with Crippen molar-refractivity contribution in [3.63, 3.8) is 0 Å². The molecule has 8 nitrogen and oxygen atoms in total. The van der Waals surface area contributed by atoms with Gasteiger partial charge in [-0.25, -0.2) is 0 Å². The summed E-state index contributed by atoms with van der Waals surface area (Å²) in [5.74, 6) is -1.69. The van der Waals surface area contributed by atoms with Crippen LogP contribution in [0.3, 0.4) is 0 Å². The highest BCUT2D eigenvalue weighted by Crippen LogP contribution is 2.50. The molecule has 1 aromatic carbocycles. The molecule has 0 bridgehead atoms. The van der Waals surface area contributed by atoms with Crippen LogP contribution in [0.15, 0.2) is 41.0 Å². The monoisotopic (exact) mass is 525 g/mol. The van der Waals surface area contributed by atoms with E-state index in [0.29, 0.717) is 45.4 Å². The molecule has 0 aromatic heterocycles. The van der Waals surface area contributed by atoms with E-state index in [0.717, 1.165) is 36.0 Å². The number of allylic oxidation sites excluding steroid dienone is 1. The lowest BCUT2D eigenvalue weighted by molar-refractivity contribution is -0.141. The third-order valence-electron chi connectivity index (χ3n) is 8.11. The third kappa shape index (κ3) is 6.18. The van der Waals surface area contributed by atoms with E-state index in [2.05, 4.69) is 13.0 Å². The van der Waals surface area contributed by atoms with Gasteiger partial charge in [0.2, 0.25) is 11.8 Å². The van der Waals surface area contributed by atoms with Gasteiger partial charge in [-0.1, -0.05) is 37.1 Å². The van der Waals surface area contributed by atoms with E-state index < -0.39 is 11.9 Å². The number of fused-ring (bicyclic) bond motifs is 3. The number of aromatic hydroxyl groups is 1. The molecule has 2 fully saturated rings. The summed E-state index contributed by atoms with van der Waals surface area (Å²) in [7, 11) is 1.65. The van der Waals surface area contributed by atoms with Gasteiger partial charge in [-0.2, -0.15) is 0 Å². The summed E-state index contributed by atoms with van der Waals surface area (Å²) in [6, 6.07) is 7.21. The summed E-state index contributed by atoms with van der Waals surface area (Å²) >= 11 is 0. The molecule has 0 radical (unpaired) electrons. The summed E-state index contributed by atoms with van der Waals surface area (Å²) in [4.78, 5) is 38.9. The topological polar surface area (TPSA) is 113 Å². The zero-order chi connectivity index (χ0) is 27.2. The Kier molecular flexibility index (Phi) is 9.39. The number of likely N-dealkylation sites (tertiary alicyclic amines) is 1. The van der Waals surface area contributed by atoms with Crippen LogP contribution in [0.25, 0.3) is 6.08 Å². The van der Waals surface area contributed by atoms with E-state index in [-0.39, 0.29) is 41.9 Å². The summed E-state index contributed by atoms with van der Waals surface area (Å²) in [5, 5.41) is 18.6. The third-order valence-corrected chi connectivity index (χ3v) is 8.11. The molecule has 206 valence electrons. The Bertz CT molecular complexity index is 1110. The van der Waals surface area contributed by atoms with Crippen molar-refractivity contribution in [2.45, 2.75) is 64.4 Å². The zero-order valence-corrected chi connectivity index (χ0v) is 22.4. The molecule has 2 amide bonds. The van der Waals surface area contributed by atoms with E-state index in [1.807, 2.05) is 12.1 Å². The van der Waals surface area contributed by atoms with E-state index >= 15 is 0 Å². The molecule has 0 spiro atoms. The minimum atomic E-state index is -0.828. The number of carboxylic acid groups (broad SMARTS) is 1. The molecule has 38 heavy (non-hydrogen) atoms. The SMILES string of the molecule is CC/C(=C\c1cccc(O)c1)CC[C@H]1OC[C@H]2C1=C(COC)C[C@H]1C(=O)N(CCCCCC(=O)O)C(=O)[C@H]12. The van der Waals surface area contributed by atoms with Crippen molar-refractivity contribution >= 4 is 23.9 Å². The van der Waals surface area contributed by atoms with Crippen LogP contribution in [0.4, 0.5) is 0 Å². The lowest BCUT2D eigenvalue weighted by Gasteiger charge is -2.31. The number of phenolic OH excluding ortho intramolecular Hbond substituents is 1. The average molecular weight is 526 g/mol. The summed E-state index contributed by atoms with van der Waals surface area (Å²) in [5.41, 5.74) is 4.45. The number of rotatable bonds is 13. The molecule has 2 N–H and O–H groups in total. The maximum Gasteiger partial charge on any atom is 0.303 e. The molecule has 1 aliphatic carbocycles. The normalized spacial score (nSPS) is 25.2. The van der Waals surface area contributed by atoms with Gasteiger partial charge in [0, 0.05) is 26.0 Å². The smallest absolute Gasteiger partial charge is 0.303 e. The predicted octanol–water partition coefficient (Wildman–Crippen LogP) is 4.57. The molecular formula is C30H39NO7. The van der Waals surface area contributed by atoms with Crippen molar-refractivity contribution in [2.24, 2.45) is 17.8 Å². The second kappa shape index (κ2) is 12.7. The maximum absolute atomic E-state index is 13.5. The molecule has 0 unspecified atom stereocenters. The van der Waals surface area contributed by atoms with Crippen LogP contribution >= 0.6 is 0 Å². The second-order valence-electron chi connectivity index (χ2n) is 10.6. The molecule has 3 aliphatic rings. The van der Waals surface area contributed by atoms with Gasteiger partial charge in [-0.05, 0) is 67.4 Å². The number of hydrogen-bond donors (Lipinski definition) is 2. The van der Waals surface area contributed by atoms with Gasteiger partial charge in [-0.15, -0.1) is 0 Å². The Labute approximate surface area is 224 Å². The number of aliphatic carboxylic acids is 1. The van der Waals surface area contributed by atoms with Crippen molar-refractivity contribution < 1.29 is 34.1 Å². The number of carbonyl (C=O) groups is 3. The van der Waals surface area contributed by atoms with Crippen LogP contribution in [0.5, 0.6) is 5.75 Å². The van der Waals surface area contributed by atoms with Gasteiger partial charge in [0.05, 0.1) is 31.2 Å². The van der Waals surface area contributed by atoms with Gasteiger partial charge in [0.1, 0.15) is 5.75 Å². The standard InChI is InChI=1S/C30H39NO7/c1-3-19(14-20-8-7-9-22(32)15-20)11-12-25-27-21(17-37-2)16-23-28(24(27)18-38-25)30(36)31(29(23)35)13-6-4-5-10-26(33)34/h7-9,14-15,23-25,28,32H,3-6,10-13,16-18H2,1-2H3,(H,33,34)/b19-14+/t23-,24+,25-,28-/m1/s1. The van der Waals surface area contributed by atoms with Gasteiger partial charge in [0.15, 0.2) is 0 Å². The van der Waals surface area contributed by atoms with E-state index in [9.17, 15) is 19.5 Å². The predicted molar refractivity (Wildman–Crippen MR) is 142 cm³/mol.